The van der Waals surface area contributed by atoms with Crippen molar-refractivity contribution in [1.82, 2.24) is 0 Å². The molecule has 2 aliphatic carbocycles. The van der Waals surface area contributed by atoms with Crippen LogP contribution < -0.4 is 0 Å². The summed E-state index contributed by atoms with van der Waals surface area (Å²) in [5.74, 6) is 3.84. The van der Waals surface area contributed by atoms with Crippen molar-refractivity contribution in [3.63, 3.8) is 0 Å². The lowest BCUT2D eigenvalue weighted by atomic mass is 9.65. The third kappa shape index (κ3) is 2.03. The third-order valence-electron chi connectivity index (χ3n) is 4.61. The minimum absolute atomic E-state index is 0.671. The van der Waals surface area contributed by atoms with E-state index in [4.69, 9.17) is 0 Å². The number of hydrogen-bond donors (Lipinski definition) is 0. The van der Waals surface area contributed by atoms with Gasteiger partial charge < -0.3 is 0 Å². The van der Waals surface area contributed by atoms with Gasteiger partial charge in [-0.05, 0) is 37.0 Å². The van der Waals surface area contributed by atoms with Crippen molar-refractivity contribution in [3.8, 4) is 0 Å². The molecule has 0 fully saturated rings. The number of hydrogen-bond acceptors (Lipinski definition) is 0. The minimum atomic E-state index is 0.671. The van der Waals surface area contributed by atoms with E-state index in [1.165, 1.54) is 12.0 Å². The van der Waals surface area contributed by atoms with E-state index < -0.39 is 0 Å². The summed E-state index contributed by atoms with van der Waals surface area (Å²) in [7, 11) is 0. The molecule has 0 bridgehead atoms. The first kappa shape index (κ1) is 11.7. The Hall–Kier alpha value is -0.780. The lowest BCUT2D eigenvalue weighted by Gasteiger charge is -2.40. The maximum absolute atomic E-state index is 2.44. The van der Waals surface area contributed by atoms with Gasteiger partial charge >= 0.3 is 0 Å². The van der Waals surface area contributed by atoms with Crippen molar-refractivity contribution in [2.45, 2.75) is 34.1 Å². The molecule has 0 aliphatic heterocycles. The van der Waals surface area contributed by atoms with Gasteiger partial charge in [-0.1, -0.05) is 56.7 Å². The molecule has 0 nitrogen and oxygen atoms in total. The van der Waals surface area contributed by atoms with Gasteiger partial charge in [0, 0.05) is 5.92 Å². The van der Waals surface area contributed by atoms with Crippen molar-refractivity contribution in [2.75, 3.05) is 0 Å². The predicted molar refractivity (Wildman–Crippen MR) is 71.1 cm³/mol. The first-order valence-electron chi connectivity index (χ1n) is 6.63. The van der Waals surface area contributed by atoms with Gasteiger partial charge in [0.2, 0.25) is 0 Å². The monoisotopic (exact) mass is 216 g/mol. The Kier molecular flexibility index (Phi) is 3.37. The van der Waals surface area contributed by atoms with Crippen LogP contribution in [0.2, 0.25) is 0 Å². The molecular formula is C16H24. The van der Waals surface area contributed by atoms with Crippen LogP contribution in [0.25, 0.3) is 0 Å². The molecule has 4 unspecified atom stereocenters. The Balaban J connectivity index is 2.22. The maximum Gasteiger partial charge on any atom is 0.00429 e. The highest BCUT2D eigenvalue weighted by Crippen LogP contribution is 2.42. The van der Waals surface area contributed by atoms with Crippen LogP contribution in [0.15, 0.2) is 36.0 Å². The van der Waals surface area contributed by atoms with Gasteiger partial charge in [-0.3, -0.25) is 0 Å². The molecule has 0 heterocycles. The van der Waals surface area contributed by atoms with Gasteiger partial charge in [0.1, 0.15) is 0 Å². The van der Waals surface area contributed by atoms with E-state index in [1.807, 2.05) is 0 Å². The molecule has 0 N–H and O–H groups in total. The van der Waals surface area contributed by atoms with Gasteiger partial charge in [-0.15, -0.1) is 0 Å². The summed E-state index contributed by atoms with van der Waals surface area (Å²) in [6.07, 6.45) is 13.1. The predicted octanol–water partition coefficient (Wildman–Crippen LogP) is 4.60. The van der Waals surface area contributed by atoms with Gasteiger partial charge in [0.15, 0.2) is 0 Å². The van der Waals surface area contributed by atoms with E-state index in [2.05, 4.69) is 58.1 Å². The van der Waals surface area contributed by atoms with Crippen LogP contribution >= 0.6 is 0 Å². The Morgan fingerprint density at radius 2 is 1.94 bits per heavy atom. The molecule has 0 radical (unpaired) electrons. The first-order chi connectivity index (χ1) is 7.61. The summed E-state index contributed by atoms with van der Waals surface area (Å²) in [4.78, 5) is 0. The summed E-state index contributed by atoms with van der Waals surface area (Å²) >= 11 is 0. The topological polar surface area (TPSA) is 0 Å². The van der Waals surface area contributed by atoms with Crippen LogP contribution in [-0.4, -0.2) is 0 Å². The summed E-state index contributed by atoms with van der Waals surface area (Å²) in [5.41, 5.74) is 1.53. The van der Waals surface area contributed by atoms with E-state index >= 15 is 0 Å². The highest BCUT2D eigenvalue weighted by Gasteiger charge is 2.34. The molecular weight excluding hydrogens is 192 g/mol. The SMILES string of the molecule is CC1=CC=CC2C1C=CCC2C(C)C(C)C. The van der Waals surface area contributed by atoms with Gasteiger partial charge in [-0.2, -0.15) is 0 Å². The molecule has 4 atom stereocenters. The Labute approximate surface area is 100 Å². The molecule has 0 spiro atoms. The molecule has 0 aromatic rings. The molecule has 0 saturated carbocycles. The smallest absolute Gasteiger partial charge is 0.00429 e. The highest BCUT2D eigenvalue weighted by molar-refractivity contribution is 5.28. The average molecular weight is 216 g/mol. The Morgan fingerprint density at radius 3 is 2.62 bits per heavy atom. The largest absolute Gasteiger partial charge is 0.0876 e. The van der Waals surface area contributed by atoms with Gasteiger partial charge in [-0.25, -0.2) is 0 Å². The van der Waals surface area contributed by atoms with Crippen molar-refractivity contribution >= 4 is 0 Å². The number of rotatable bonds is 2. The summed E-state index contributed by atoms with van der Waals surface area (Å²) in [6, 6.07) is 0. The van der Waals surface area contributed by atoms with Crippen LogP contribution in [0.5, 0.6) is 0 Å². The lowest BCUT2D eigenvalue weighted by Crippen LogP contribution is -2.32. The highest BCUT2D eigenvalue weighted by atomic mass is 14.4. The van der Waals surface area contributed by atoms with E-state index in [0.717, 1.165) is 23.7 Å². The van der Waals surface area contributed by atoms with Crippen LogP contribution in [0, 0.1) is 29.6 Å². The van der Waals surface area contributed by atoms with Crippen molar-refractivity contribution in [2.24, 2.45) is 29.6 Å². The van der Waals surface area contributed by atoms with Crippen LogP contribution in [0.1, 0.15) is 34.1 Å². The molecule has 88 valence electrons. The van der Waals surface area contributed by atoms with Crippen LogP contribution in [0.3, 0.4) is 0 Å². The molecule has 2 rings (SSSR count). The van der Waals surface area contributed by atoms with Crippen molar-refractivity contribution in [1.29, 1.82) is 0 Å². The fraction of sp³-hybridized carbons (Fsp3) is 0.625. The molecule has 0 aromatic carbocycles. The van der Waals surface area contributed by atoms with E-state index in [0.29, 0.717) is 5.92 Å². The minimum Gasteiger partial charge on any atom is -0.0876 e. The lowest BCUT2D eigenvalue weighted by molar-refractivity contribution is 0.192. The zero-order valence-corrected chi connectivity index (χ0v) is 11.0. The fourth-order valence-electron chi connectivity index (χ4n) is 3.16. The standard InChI is InChI=1S/C16H24/c1-11(2)13(4)15-9-6-8-14-12(3)7-5-10-16(14)15/h5-8,10-11,13-16H,9H2,1-4H3. The first-order valence-corrected chi connectivity index (χ1v) is 6.63. The quantitative estimate of drug-likeness (QED) is 0.592. The normalized spacial score (nSPS) is 34.8. The molecule has 2 aliphatic rings. The van der Waals surface area contributed by atoms with Crippen LogP contribution in [-0.2, 0) is 0 Å². The Morgan fingerprint density at radius 1 is 1.19 bits per heavy atom. The molecule has 0 heteroatoms. The van der Waals surface area contributed by atoms with E-state index in [9.17, 15) is 0 Å². The van der Waals surface area contributed by atoms with Crippen molar-refractivity contribution < 1.29 is 0 Å². The molecule has 0 saturated heterocycles. The summed E-state index contributed by atoms with van der Waals surface area (Å²) in [5, 5.41) is 0. The van der Waals surface area contributed by atoms with Crippen LogP contribution in [0.4, 0.5) is 0 Å². The fourth-order valence-corrected chi connectivity index (χ4v) is 3.16. The van der Waals surface area contributed by atoms with E-state index in [-0.39, 0.29) is 0 Å². The average Bonchev–Trinajstić information content (AvgIpc) is 2.28. The molecule has 0 aromatic heterocycles. The zero-order chi connectivity index (χ0) is 11.7. The van der Waals surface area contributed by atoms with E-state index in [1.54, 1.807) is 0 Å². The number of allylic oxidation sites excluding steroid dienone is 6. The molecule has 0 amide bonds. The van der Waals surface area contributed by atoms with Gasteiger partial charge in [0.05, 0.1) is 0 Å². The summed E-state index contributed by atoms with van der Waals surface area (Å²) < 4.78 is 0. The second kappa shape index (κ2) is 4.61. The van der Waals surface area contributed by atoms with Gasteiger partial charge in [0.25, 0.3) is 0 Å². The second-order valence-corrected chi connectivity index (χ2v) is 5.83. The molecule has 16 heavy (non-hydrogen) atoms. The number of fused-ring (bicyclic) bond motifs is 1. The Bertz CT molecular complexity index is 330. The second-order valence-electron chi connectivity index (χ2n) is 5.83. The maximum atomic E-state index is 2.44. The zero-order valence-electron chi connectivity index (χ0n) is 11.0. The third-order valence-corrected chi connectivity index (χ3v) is 4.61. The van der Waals surface area contributed by atoms with Crippen molar-refractivity contribution in [3.05, 3.63) is 36.0 Å². The summed E-state index contributed by atoms with van der Waals surface area (Å²) in [6.45, 7) is 9.40.